The number of halogens is 1. The molecule has 4 rings (SSSR count). The Hall–Kier alpha value is -2.81. The Balaban J connectivity index is 0.00000195. The monoisotopic (exact) mass is 544 g/mol. The van der Waals surface area contributed by atoms with Crippen molar-refractivity contribution < 1.29 is 18.8 Å². The summed E-state index contributed by atoms with van der Waals surface area (Å²) in [6, 6.07) is 4.63. The Morgan fingerprint density at radius 2 is 1.89 bits per heavy atom. The molecule has 7 nitrogen and oxygen atoms in total. The van der Waals surface area contributed by atoms with Crippen molar-refractivity contribution in [3.05, 3.63) is 40.5 Å². The van der Waals surface area contributed by atoms with E-state index in [0.29, 0.717) is 25.9 Å². The molecule has 2 aromatic rings. The number of hydrogen-bond acceptors (Lipinski definition) is 5. The Labute approximate surface area is 229 Å². The van der Waals surface area contributed by atoms with Crippen molar-refractivity contribution in [2.24, 2.45) is 5.41 Å². The van der Waals surface area contributed by atoms with Gasteiger partial charge in [-0.15, -0.1) is 11.3 Å². The Kier molecular flexibility index (Phi) is 9.34. The van der Waals surface area contributed by atoms with Crippen molar-refractivity contribution in [1.29, 1.82) is 0 Å². The van der Waals surface area contributed by atoms with E-state index in [1.807, 2.05) is 66.1 Å². The topological polar surface area (TPSA) is 91.4 Å². The largest absolute Gasteiger partial charge is 0.350 e. The molecule has 2 atom stereocenters. The lowest BCUT2D eigenvalue weighted by Gasteiger charge is -2.35. The average molecular weight is 545 g/mol. The van der Waals surface area contributed by atoms with Crippen molar-refractivity contribution in [2.75, 3.05) is 6.54 Å². The van der Waals surface area contributed by atoms with Gasteiger partial charge in [-0.25, -0.2) is 9.37 Å². The summed E-state index contributed by atoms with van der Waals surface area (Å²) in [4.78, 5) is 46.0. The number of amides is 3. The first-order valence-corrected chi connectivity index (χ1v) is 14.4. The van der Waals surface area contributed by atoms with Crippen molar-refractivity contribution in [3.8, 4) is 10.4 Å². The number of aryl methyl sites for hydroxylation is 2. The Morgan fingerprint density at radius 1 is 1.21 bits per heavy atom. The smallest absolute Gasteiger partial charge is 0.258 e. The Morgan fingerprint density at radius 3 is 2.45 bits per heavy atom. The molecule has 1 aliphatic heterocycles. The molecule has 0 radical (unpaired) electrons. The minimum atomic E-state index is -1.86. The number of nitrogens with one attached hydrogen (secondary N) is 2. The maximum absolute atomic E-state index is 14.3. The van der Waals surface area contributed by atoms with Crippen LogP contribution in [0.15, 0.2) is 23.7 Å². The van der Waals surface area contributed by atoms with Gasteiger partial charge in [-0.1, -0.05) is 52.8 Å². The molecule has 1 aliphatic carbocycles. The number of aromatic nitrogens is 1. The number of carbonyl (C=O) groups excluding carboxylic acids is 3. The van der Waals surface area contributed by atoms with E-state index in [0.717, 1.165) is 27.3 Å². The van der Waals surface area contributed by atoms with Crippen LogP contribution in [-0.4, -0.2) is 51.9 Å². The molecule has 3 amide bonds. The molecular weight excluding hydrogens is 503 g/mol. The first-order chi connectivity index (χ1) is 17.9. The third kappa shape index (κ3) is 6.60. The zero-order valence-corrected chi connectivity index (χ0v) is 24.4. The summed E-state index contributed by atoms with van der Waals surface area (Å²) < 4.78 is 14.3. The van der Waals surface area contributed by atoms with Crippen molar-refractivity contribution in [2.45, 2.75) is 98.4 Å². The first-order valence-electron chi connectivity index (χ1n) is 13.5. The van der Waals surface area contributed by atoms with E-state index in [9.17, 15) is 18.8 Å². The van der Waals surface area contributed by atoms with E-state index >= 15 is 0 Å². The zero-order chi connectivity index (χ0) is 28.3. The maximum Gasteiger partial charge on any atom is 0.258 e. The van der Waals surface area contributed by atoms with E-state index in [2.05, 4.69) is 21.7 Å². The van der Waals surface area contributed by atoms with Crippen molar-refractivity contribution in [1.82, 2.24) is 20.5 Å². The number of hydrogen-bond donors (Lipinski definition) is 2. The summed E-state index contributed by atoms with van der Waals surface area (Å²) in [6.07, 6.45) is 1.62. The summed E-state index contributed by atoms with van der Waals surface area (Å²) in [5.41, 5.74) is 3.51. The van der Waals surface area contributed by atoms with Gasteiger partial charge in [0.15, 0.2) is 5.67 Å². The van der Waals surface area contributed by atoms with Gasteiger partial charge in [0, 0.05) is 13.1 Å². The van der Waals surface area contributed by atoms with Crippen LogP contribution < -0.4 is 10.6 Å². The minimum Gasteiger partial charge on any atom is -0.350 e. The number of benzene rings is 1. The fourth-order valence-electron chi connectivity index (χ4n) is 4.63. The van der Waals surface area contributed by atoms with Crippen LogP contribution in [0.5, 0.6) is 0 Å². The molecule has 1 aromatic heterocycles. The summed E-state index contributed by atoms with van der Waals surface area (Å²) in [6.45, 7) is 14.3. The number of nitrogens with zero attached hydrogens (tertiary/aromatic N) is 2. The molecule has 38 heavy (non-hydrogen) atoms. The Bertz CT molecular complexity index is 1170. The van der Waals surface area contributed by atoms with E-state index in [1.165, 1.54) is 0 Å². The van der Waals surface area contributed by atoms with Gasteiger partial charge < -0.3 is 15.5 Å². The second kappa shape index (κ2) is 11.9. The summed E-state index contributed by atoms with van der Waals surface area (Å²) >= 11 is 1.60. The second-order valence-electron chi connectivity index (χ2n) is 11.1. The molecule has 2 unspecified atom stereocenters. The number of alkyl halides is 1. The molecular formula is C29H41FN4O3S. The third-order valence-electron chi connectivity index (χ3n) is 7.13. The molecule has 0 spiro atoms. The predicted molar refractivity (Wildman–Crippen MR) is 149 cm³/mol. The normalized spacial score (nSPS) is 18.7. The summed E-state index contributed by atoms with van der Waals surface area (Å²) in [7, 11) is 0. The molecule has 0 bridgehead atoms. The van der Waals surface area contributed by atoms with Gasteiger partial charge >= 0.3 is 0 Å². The average Bonchev–Trinajstić information content (AvgIpc) is 3.25. The standard InChI is InChI=1S/C27H35FN4O3S.C2H6/c1-16-13-18(21-17(2)30-15-36-21)8-9-19(16)14-29-23(33)20-7-6-12-32(20)24(34)22(26(3,4)5)31-25(35)27(28)10-11-27;1-2/h8-9,13,15,20,22H,6-7,10-12,14H2,1-5H3,(H,29,33)(H,31,35);1-2H3. The molecule has 1 aromatic carbocycles. The maximum atomic E-state index is 14.3. The van der Waals surface area contributed by atoms with Gasteiger partial charge in [-0.2, -0.15) is 0 Å². The number of likely N-dealkylation sites (tertiary alicyclic amines) is 1. The van der Waals surface area contributed by atoms with Crippen molar-refractivity contribution in [3.63, 3.8) is 0 Å². The second-order valence-corrected chi connectivity index (χ2v) is 11.9. The highest BCUT2D eigenvalue weighted by Gasteiger charge is 2.53. The molecule has 2 fully saturated rings. The van der Waals surface area contributed by atoms with Gasteiger partial charge in [0.2, 0.25) is 11.8 Å². The van der Waals surface area contributed by atoms with Gasteiger partial charge in [-0.3, -0.25) is 14.4 Å². The van der Waals surface area contributed by atoms with Crippen LogP contribution in [0, 0.1) is 19.3 Å². The molecule has 1 saturated heterocycles. The fraction of sp³-hybridized carbons (Fsp3) is 0.586. The first kappa shape index (κ1) is 29.7. The van der Waals surface area contributed by atoms with Crippen LogP contribution in [-0.2, 0) is 20.9 Å². The van der Waals surface area contributed by atoms with Crippen LogP contribution in [0.3, 0.4) is 0 Å². The van der Waals surface area contributed by atoms with Crippen LogP contribution >= 0.6 is 11.3 Å². The molecule has 208 valence electrons. The van der Waals surface area contributed by atoms with Crippen LogP contribution in [0.25, 0.3) is 10.4 Å². The summed E-state index contributed by atoms with van der Waals surface area (Å²) in [5, 5.41) is 5.64. The molecule has 2 N–H and O–H groups in total. The summed E-state index contributed by atoms with van der Waals surface area (Å²) in [5.74, 6) is -1.28. The molecule has 2 heterocycles. The van der Waals surface area contributed by atoms with E-state index in [1.54, 1.807) is 16.2 Å². The van der Waals surface area contributed by atoms with Gasteiger partial charge in [0.1, 0.15) is 12.1 Å². The van der Waals surface area contributed by atoms with Gasteiger partial charge in [0.25, 0.3) is 5.91 Å². The van der Waals surface area contributed by atoms with Gasteiger partial charge in [0.05, 0.1) is 16.1 Å². The predicted octanol–water partition coefficient (Wildman–Crippen LogP) is 5.09. The fourth-order valence-corrected chi connectivity index (χ4v) is 5.43. The number of thiazole rings is 1. The van der Waals surface area contributed by atoms with Crippen molar-refractivity contribution >= 4 is 29.1 Å². The molecule has 1 saturated carbocycles. The lowest BCUT2D eigenvalue weighted by atomic mass is 9.85. The lowest BCUT2D eigenvalue weighted by Crippen LogP contribution is -2.58. The number of rotatable bonds is 7. The SMILES string of the molecule is CC.Cc1cc(-c2scnc2C)ccc1CNC(=O)C1CCCN1C(=O)C(NC(=O)C1(F)CC1)C(C)(C)C. The van der Waals surface area contributed by atoms with Crippen LogP contribution in [0.1, 0.15) is 77.1 Å². The third-order valence-corrected chi connectivity index (χ3v) is 8.10. The highest BCUT2D eigenvalue weighted by molar-refractivity contribution is 7.13. The zero-order valence-electron chi connectivity index (χ0n) is 23.6. The quantitative estimate of drug-likeness (QED) is 0.508. The van der Waals surface area contributed by atoms with E-state index in [4.69, 9.17) is 0 Å². The highest BCUT2D eigenvalue weighted by Crippen LogP contribution is 2.40. The van der Waals surface area contributed by atoms with Crippen LogP contribution in [0.4, 0.5) is 4.39 Å². The van der Waals surface area contributed by atoms with E-state index < -0.39 is 29.1 Å². The van der Waals surface area contributed by atoms with Crippen LogP contribution in [0.2, 0.25) is 0 Å². The van der Waals surface area contributed by atoms with E-state index in [-0.39, 0.29) is 24.7 Å². The minimum absolute atomic E-state index is 0.183. The molecule has 9 heteroatoms. The van der Waals surface area contributed by atoms with Gasteiger partial charge in [-0.05, 0) is 61.6 Å². The molecule has 2 aliphatic rings. The lowest BCUT2D eigenvalue weighted by molar-refractivity contribution is -0.144. The number of carbonyl (C=O) groups is 3. The highest BCUT2D eigenvalue weighted by atomic mass is 32.1.